The van der Waals surface area contributed by atoms with Gasteiger partial charge in [0.25, 0.3) is 0 Å². The molecule has 3 aromatic rings. The van der Waals surface area contributed by atoms with E-state index in [1.54, 1.807) is 35.4 Å². The second-order valence-corrected chi connectivity index (χ2v) is 4.92. The van der Waals surface area contributed by atoms with E-state index >= 15 is 0 Å². The molecule has 8 heteroatoms. The Hall–Kier alpha value is -3.29. The molecule has 0 aliphatic carbocycles. The quantitative estimate of drug-likeness (QED) is 0.776. The number of anilines is 1. The van der Waals surface area contributed by atoms with Gasteiger partial charge in [-0.2, -0.15) is 0 Å². The molecule has 0 radical (unpaired) electrons. The Kier molecular flexibility index (Phi) is 4.46. The summed E-state index contributed by atoms with van der Waals surface area (Å²) in [5.74, 6) is -0.219. The van der Waals surface area contributed by atoms with Crippen molar-refractivity contribution >= 4 is 11.7 Å². The molecule has 0 atom stereocenters. The number of imidazole rings is 1. The van der Waals surface area contributed by atoms with Crippen LogP contribution >= 0.6 is 0 Å². The van der Waals surface area contributed by atoms with Crippen LogP contribution in [0.5, 0.6) is 5.75 Å². The van der Waals surface area contributed by atoms with Crippen LogP contribution in [0.1, 0.15) is 0 Å². The smallest absolute Gasteiger partial charge is 0.245 e. The number of rotatable bonds is 5. The van der Waals surface area contributed by atoms with Crippen LogP contribution in [0.2, 0.25) is 0 Å². The predicted molar refractivity (Wildman–Crippen MR) is 84.8 cm³/mol. The van der Waals surface area contributed by atoms with Gasteiger partial charge in [0.05, 0.1) is 19.1 Å². The number of hydrogen-bond acceptors (Lipinski definition) is 5. The fraction of sp³-hybridized carbons (Fsp3) is 0.125. The number of nitrogens with one attached hydrogen (secondary N) is 1. The van der Waals surface area contributed by atoms with Crippen LogP contribution in [0.25, 0.3) is 11.3 Å². The molecule has 0 saturated carbocycles. The molecule has 2 aromatic heterocycles. The van der Waals surface area contributed by atoms with Crippen LogP contribution in [0, 0.1) is 5.82 Å². The van der Waals surface area contributed by atoms with Crippen molar-refractivity contribution in [2.45, 2.75) is 6.54 Å². The zero-order valence-electron chi connectivity index (χ0n) is 12.8. The lowest BCUT2D eigenvalue weighted by Crippen LogP contribution is -2.18. The van der Waals surface area contributed by atoms with Crippen LogP contribution in [-0.2, 0) is 11.3 Å². The van der Waals surface area contributed by atoms with Crippen LogP contribution in [0.3, 0.4) is 0 Å². The predicted octanol–water partition coefficient (Wildman–Crippen LogP) is 2.13. The second kappa shape index (κ2) is 6.86. The monoisotopic (exact) mass is 327 g/mol. The molecule has 1 aromatic carbocycles. The van der Waals surface area contributed by atoms with Gasteiger partial charge in [0.15, 0.2) is 11.6 Å². The van der Waals surface area contributed by atoms with Crippen molar-refractivity contribution in [1.82, 2.24) is 19.5 Å². The van der Waals surface area contributed by atoms with Gasteiger partial charge in [-0.25, -0.2) is 19.3 Å². The molecule has 1 N–H and O–H groups in total. The molecule has 24 heavy (non-hydrogen) atoms. The second-order valence-electron chi connectivity index (χ2n) is 4.92. The lowest BCUT2D eigenvalue weighted by atomic mass is 10.1. The highest BCUT2D eigenvalue weighted by Gasteiger charge is 2.09. The van der Waals surface area contributed by atoms with Gasteiger partial charge in [-0.3, -0.25) is 4.79 Å². The molecular formula is C16H14FN5O2. The van der Waals surface area contributed by atoms with Crippen molar-refractivity contribution in [1.29, 1.82) is 0 Å². The Morgan fingerprint density at radius 2 is 2.21 bits per heavy atom. The van der Waals surface area contributed by atoms with Gasteiger partial charge in [-0.1, -0.05) is 0 Å². The van der Waals surface area contributed by atoms with Crippen LogP contribution in [0.4, 0.5) is 10.2 Å². The van der Waals surface area contributed by atoms with Crippen molar-refractivity contribution in [3.63, 3.8) is 0 Å². The van der Waals surface area contributed by atoms with E-state index in [9.17, 15) is 9.18 Å². The average molecular weight is 327 g/mol. The third kappa shape index (κ3) is 3.54. The van der Waals surface area contributed by atoms with E-state index < -0.39 is 5.82 Å². The molecule has 0 fully saturated rings. The lowest BCUT2D eigenvalue weighted by Gasteiger charge is -2.08. The summed E-state index contributed by atoms with van der Waals surface area (Å²) in [5, 5.41) is 2.69. The van der Waals surface area contributed by atoms with Gasteiger partial charge in [0.2, 0.25) is 5.91 Å². The number of nitrogens with zero attached hydrogens (tertiary/aromatic N) is 4. The maximum absolute atomic E-state index is 13.5. The molecule has 3 rings (SSSR count). The van der Waals surface area contributed by atoms with Gasteiger partial charge in [0, 0.05) is 24.0 Å². The highest BCUT2D eigenvalue weighted by Crippen LogP contribution is 2.25. The van der Waals surface area contributed by atoms with Crippen molar-refractivity contribution < 1.29 is 13.9 Å². The van der Waals surface area contributed by atoms with Crippen molar-refractivity contribution in [3.05, 3.63) is 55.1 Å². The van der Waals surface area contributed by atoms with E-state index in [1.165, 1.54) is 25.6 Å². The maximum atomic E-state index is 13.5. The first-order valence-electron chi connectivity index (χ1n) is 7.07. The first-order chi connectivity index (χ1) is 11.7. The Bertz CT molecular complexity index is 851. The zero-order valence-corrected chi connectivity index (χ0v) is 12.8. The van der Waals surface area contributed by atoms with Gasteiger partial charge in [0.1, 0.15) is 18.7 Å². The number of carbonyl (C=O) groups excluding carboxylic acids is 1. The zero-order chi connectivity index (χ0) is 16.9. The van der Waals surface area contributed by atoms with Crippen molar-refractivity contribution in [2.75, 3.05) is 12.4 Å². The largest absolute Gasteiger partial charge is 0.494 e. The Balaban J connectivity index is 1.77. The molecule has 7 nitrogen and oxygen atoms in total. The summed E-state index contributed by atoms with van der Waals surface area (Å²) >= 11 is 0. The number of methoxy groups -OCH3 is 1. The number of halogens is 1. The van der Waals surface area contributed by atoms with Gasteiger partial charge < -0.3 is 14.6 Å². The first kappa shape index (κ1) is 15.6. The number of carbonyl (C=O) groups is 1. The molecule has 0 aliphatic rings. The minimum Gasteiger partial charge on any atom is -0.494 e. The van der Waals surface area contributed by atoms with Gasteiger partial charge in [-0.15, -0.1) is 0 Å². The minimum absolute atomic E-state index is 0.122. The molecule has 0 unspecified atom stereocenters. The van der Waals surface area contributed by atoms with Crippen LogP contribution in [0.15, 0.2) is 49.3 Å². The van der Waals surface area contributed by atoms with Gasteiger partial charge >= 0.3 is 0 Å². The van der Waals surface area contributed by atoms with Crippen LogP contribution in [-0.4, -0.2) is 32.5 Å². The maximum Gasteiger partial charge on any atom is 0.245 e. The summed E-state index contributed by atoms with van der Waals surface area (Å²) in [6, 6.07) is 6.03. The molecule has 122 valence electrons. The summed E-state index contributed by atoms with van der Waals surface area (Å²) in [6.07, 6.45) is 6.17. The third-order valence-corrected chi connectivity index (χ3v) is 3.27. The summed E-state index contributed by atoms with van der Waals surface area (Å²) < 4.78 is 20.1. The first-order valence-corrected chi connectivity index (χ1v) is 7.07. The van der Waals surface area contributed by atoms with Crippen molar-refractivity contribution in [2.24, 2.45) is 0 Å². The summed E-state index contributed by atoms with van der Waals surface area (Å²) in [6.45, 7) is 0.129. The molecule has 0 bridgehead atoms. The third-order valence-electron chi connectivity index (χ3n) is 3.27. The highest BCUT2D eigenvalue weighted by atomic mass is 19.1. The fourth-order valence-electron chi connectivity index (χ4n) is 2.13. The van der Waals surface area contributed by atoms with E-state index in [2.05, 4.69) is 20.3 Å². The number of benzene rings is 1. The molecule has 2 heterocycles. The Morgan fingerprint density at radius 1 is 1.33 bits per heavy atom. The topological polar surface area (TPSA) is 81.9 Å². The van der Waals surface area contributed by atoms with E-state index in [4.69, 9.17) is 4.74 Å². The van der Waals surface area contributed by atoms with Gasteiger partial charge in [-0.05, 0) is 18.2 Å². The Morgan fingerprint density at radius 3 is 2.96 bits per heavy atom. The van der Waals surface area contributed by atoms with E-state index in [1.807, 2.05) is 0 Å². The standard InChI is InChI=1S/C16H14FN5O2/c1-24-14-6-11(2-3-12(14)17)13-7-15(20-9-19-13)21-16(23)8-22-5-4-18-10-22/h2-7,9-10H,8H2,1H3,(H,19,20,21,23). The lowest BCUT2D eigenvalue weighted by molar-refractivity contribution is -0.116. The molecule has 0 saturated heterocycles. The molecular weight excluding hydrogens is 313 g/mol. The van der Waals surface area contributed by atoms with E-state index in [-0.39, 0.29) is 18.2 Å². The average Bonchev–Trinajstić information content (AvgIpc) is 3.08. The fourth-order valence-corrected chi connectivity index (χ4v) is 2.13. The minimum atomic E-state index is -0.454. The van der Waals surface area contributed by atoms with E-state index in [0.717, 1.165) is 0 Å². The molecule has 0 spiro atoms. The normalized spacial score (nSPS) is 10.4. The van der Waals surface area contributed by atoms with Crippen LogP contribution < -0.4 is 10.1 Å². The van der Waals surface area contributed by atoms with Crippen molar-refractivity contribution in [3.8, 4) is 17.0 Å². The highest BCUT2D eigenvalue weighted by molar-refractivity contribution is 5.90. The Labute approximate surface area is 137 Å². The van der Waals surface area contributed by atoms with E-state index in [0.29, 0.717) is 17.1 Å². The molecule has 1 amide bonds. The molecule has 0 aliphatic heterocycles. The summed E-state index contributed by atoms with van der Waals surface area (Å²) in [4.78, 5) is 24.0. The number of hydrogen-bond donors (Lipinski definition) is 1. The SMILES string of the molecule is COc1cc(-c2cc(NC(=O)Cn3ccnc3)ncn2)ccc1F. The number of amides is 1. The summed E-state index contributed by atoms with van der Waals surface area (Å²) in [5.41, 5.74) is 1.20. The number of ether oxygens (including phenoxy) is 1. The number of aromatic nitrogens is 4. The summed E-state index contributed by atoms with van der Waals surface area (Å²) in [7, 11) is 1.39.